The molecule has 0 aliphatic carbocycles. The first-order valence-corrected chi connectivity index (χ1v) is 6.49. The number of aromatic nitrogens is 2. The summed E-state index contributed by atoms with van der Waals surface area (Å²) in [5, 5.41) is 3.89. The van der Waals surface area contributed by atoms with Crippen LogP contribution in [-0.4, -0.2) is 16.7 Å². The smallest absolute Gasteiger partial charge is 0.226 e. The van der Waals surface area contributed by atoms with Crippen LogP contribution in [0, 0.1) is 12.7 Å². The molecule has 5 heteroatoms. The van der Waals surface area contributed by atoms with Crippen LogP contribution in [0.15, 0.2) is 22.7 Å². The fraction of sp³-hybridized carbons (Fsp3) is 0.429. The molecule has 102 valence electrons. The molecule has 2 rings (SSSR count). The number of aryl methyl sites for hydroxylation is 2. The van der Waals surface area contributed by atoms with E-state index >= 15 is 0 Å². The molecular formula is C14H18FN3O. The van der Waals surface area contributed by atoms with Gasteiger partial charge in [0.05, 0.1) is 0 Å². The number of nitrogens with zero attached hydrogens (tertiary/aromatic N) is 2. The summed E-state index contributed by atoms with van der Waals surface area (Å²) in [6.45, 7) is 2.54. The average Bonchev–Trinajstić information content (AvgIpc) is 2.82. The van der Waals surface area contributed by atoms with Crippen LogP contribution < -0.4 is 5.73 Å². The van der Waals surface area contributed by atoms with Crippen molar-refractivity contribution in [2.75, 3.05) is 6.54 Å². The number of unbranched alkanes of at least 4 members (excludes halogenated alkanes) is 2. The largest absolute Gasteiger partial charge is 0.339 e. The second-order valence-corrected chi connectivity index (χ2v) is 4.63. The monoisotopic (exact) mass is 263 g/mol. The Morgan fingerprint density at radius 1 is 1.21 bits per heavy atom. The first-order valence-electron chi connectivity index (χ1n) is 6.49. The van der Waals surface area contributed by atoms with Crippen molar-refractivity contribution in [3.8, 4) is 11.4 Å². The predicted molar refractivity (Wildman–Crippen MR) is 71.0 cm³/mol. The second-order valence-electron chi connectivity index (χ2n) is 4.63. The van der Waals surface area contributed by atoms with Gasteiger partial charge in [-0.1, -0.05) is 11.6 Å². The van der Waals surface area contributed by atoms with E-state index in [1.165, 1.54) is 12.1 Å². The zero-order chi connectivity index (χ0) is 13.7. The average molecular weight is 263 g/mol. The Hall–Kier alpha value is -1.75. The number of nitrogens with two attached hydrogens (primary N) is 1. The van der Waals surface area contributed by atoms with Gasteiger partial charge in [-0.3, -0.25) is 0 Å². The van der Waals surface area contributed by atoms with Gasteiger partial charge in [0.25, 0.3) is 0 Å². The fourth-order valence-electron chi connectivity index (χ4n) is 1.94. The van der Waals surface area contributed by atoms with Gasteiger partial charge >= 0.3 is 0 Å². The van der Waals surface area contributed by atoms with Crippen LogP contribution >= 0.6 is 0 Å². The lowest BCUT2D eigenvalue weighted by Crippen LogP contribution is -1.98. The molecule has 2 aromatic rings. The van der Waals surface area contributed by atoms with E-state index in [1.54, 1.807) is 0 Å². The Balaban J connectivity index is 2.03. The molecule has 2 N–H and O–H groups in total. The lowest BCUT2D eigenvalue weighted by Gasteiger charge is -1.97. The molecule has 4 nitrogen and oxygen atoms in total. The van der Waals surface area contributed by atoms with Gasteiger partial charge in [0.15, 0.2) is 0 Å². The molecule has 0 atom stereocenters. The highest BCUT2D eigenvalue weighted by Crippen LogP contribution is 2.19. The normalized spacial score (nSPS) is 10.9. The molecule has 0 saturated carbocycles. The summed E-state index contributed by atoms with van der Waals surface area (Å²) in [5.41, 5.74) is 6.91. The van der Waals surface area contributed by atoms with Crippen LogP contribution in [0.3, 0.4) is 0 Å². The van der Waals surface area contributed by atoms with E-state index in [1.807, 2.05) is 13.0 Å². The molecule has 0 amide bonds. The zero-order valence-electron chi connectivity index (χ0n) is 11.0. The van der Waals surface area contributed by atoms with E-state index in [-0.39, 0.29) is 5.82 Å². The van der Waals surface area contributed by atoms with Crippen molar-refractivity contribution in [1.82, 2.24) is 10.1 Å². The van der Waals surface area contributed by atoms with Gasteiger partial charge in [-0.05, 0) is 50.1 Å². The maximum Gasteiger partial charge on any atom is 0.226 e. The number of rotatable bonds is 6. The number of hydrogen-bond donors (Lipinski definition) is 1. The van der Waals surface area contributed by atoms with Crippen LogP contribution in [0.4, 0.5) is 4.39 Å². The van der Waals surface area contributed by atoms with E-state index in [9.17, 15) is 4.39 Å². The standard InChI is InChI=1S/C14H18FN3O/c1-10-7-11(9-12(15)8-10)14-17-13(19-18-14)5-3-2-4-6-16/h7-9H,2-6,16H2,1H3. The zero-order valence-corrected chi connectivity index (χ0v) is 11.0. The predicted octanol–water partition coefficient (Wildman–Crippen LogP) is 2.86. The van der Waals surface area contributed by atoms with Crippen molar-refractivity contribution in [1.29, 1.82) is 0 Å². The Morgan fingerprint density at radius 3 is 2.79 bits per heavy atom. The Bertz CT molecular complexity index is 519. The van der Waals surface area contributed by atoms with E-state index < -0.39 is 0 Å². The van der Waals surface area contributed by atoms with E-state index in [4.69, 9.17) is 10.3 Å². The molecule has 0 spiro atoms. The van der Waals surface area contributed by atoms with Crippen LogP contribution in [-0.2, 0) is 6.42 Å². The number of hydrogen-bond acceptors (Lipinski definition) is 4. The lowest BCUT2D eigenvalue weighted by atomic mass is 10.1. The van der Waals surface area contributed by atoms with Crippen LogP contribution in [0.25, 0.3) is 11.4 Å². The van der Waals surface area contributed by atoms with Gasteiger partial charge in [-0.15, -0.1) is 0 Å². The van der Waals surface area contributed by atoms with Crippen molar-refractivity contribution in [2.45, 2.75) is 32.6 Å². The third kappa shape index (κ3) is 3.86. The summed E-state index contributed by atoms with van der Waals surface area (Å²) in [6.07, 6.45) is 3.76. The van der Waals surface area contributed by atoms with Crippen molar-refractivity contribution in [3.63, 3.8) is 0 Å². The van der Waals surface area contributed by atoms with E-state index in [0.717, 1.165) is 31.2 Å². The van der Waals surface area contributed by atoms with Gasteiger partial charge in [0.1, 0.15) is 5.82 Å². The maximum atomic E-state index is 13.3. The highest BCUT2D eigenvalue weighted by Gasteiger charge is 2.09. The Morgan fingerprint density at radius 2 is 2.05 bits per heavy atom. The molecule has 1 aromatic carbocycles. The molecule has 1 aromatic heterocycles. The summed E-state index contributed by atoms with van der Waals surface area (Å²) in [4.78, 5) is 4.28. The molecule has 0 bridgehead atoms. The molecule has 0 aliphatic heterocycles. The molecule has 0 unspecified atom stereocenters. The summed E-state index contributed by atoms with van der Waals surface area (Å²) < 4.78 is 18.5. The van der Waals surface area contributed by atoms with Crippen molar-refractivity contribution < 1.29 is 8.91 Å². The van der Waals surface area contributed by atoms with Crippen LogP contribution in [0.5, 0.6) is 0 Å². The highest BCUT2D eigenvalue weighted by atomic mass is 19.1. The van der Waals surface area contributed by atoms with Crippen molar-refractivity contribution >= 4 is 0 Å². The maximum absolute atomic E-state index is 13.3. The first kappa shape index (κ1) is 13.7. The van der Waals surface area contributed by atoms with Crippen molar-refractivity contribution in [3.05, 3.63) is 35.5 Å². The lowest BCUT2D eigenvalue weighted by molar-refractivity contribution is 0.374. The minimum Gasteiger partial charge on any atom is -0.339 e. The van der Waals surface area contributed by atoms with E-state index in [2.05, 4.69) is 10.1 Å². The number of halogens is 1. The minimum absolute atomic E-state index is 0.288. The van der Waals surface area contributed by atoms with Gasteiger partial charge in [0, 0.05) is 12.0 Å². The Labute approximate surface area is 111 Å². The molecule has 19 heavy (non-hydrogen) atoms. The van der Waals surface area contributed by atoms with Crippen molar-refractivity contribution in [2.24, 2.45) is 5.73 Å². The summed E-state index contributed by atoms with van der Waals surface area (Å²) in [5.74, 6) is 0.745. The molecule has 0 radical (unpaired) electrons. The topological polar surface area (TPSA) is 64.9 Å². The van der Waals surface area contributed by atoms with Gasteiger partial charge in [-0.2, -0.15) is 4.98 Å². The van der Waals surface area contributed by atoms with Gasteiger partial charge < -0.3 is 10.3 Å². The van der Waals surface area contributed by atoms with Crippen LogP contribution in [0.1, 0.15) is 30.7 Å². The van der Waals surface area contributed by atoms with Crippen LogP contribution in [0.2, 0.25) is 0 Å². The quantitative estimate of drug-likeness (QED) is 0.814. The first-order chi connectivity index (χ1) is 9.19. The minimum atomic E-state index is -0.288. The molecule has 1 heterocycles. The Kier molecular flexibility index (Phi) is 4.63. The van der Waals surface area contributed by atoms with E-state index in [0.29, 0.717) is 23.8 Å². The molecule has 0 saturated heterocycles. The fourth-order valence-corrected chi connectivity index (χ4v) is 1.94. The van der Waals surface area contributed by atoms with Gasteiger partial charge in [-0.25, -0.2) is 4.39 Å². The second kappa shape index (κ2) is 6.43. The summed E-state index contributed by atoms with van der Waals surface area (Å²) in [6, 6.07) is 4.72. The third-order valence-electron chi connectivity index (χ3n) is 2.86. The molecule has 0 fully saturated rings. The highest BCUT2D eigenvalue weighted by molar-refractivity contribution is 5.55. The summed E-state index contributed by atoms with van der Waals surface area (Å²) in [7, 11) is 0. The van der Waals surface area contributed by atoms with Gasteiger partial charge in [0.2, 0.25) is 11.7 Å². The summed E-state index contributed by atoms with van der Waals surface area (Å²) >= 11 is 0. The number of benzene rings is 1. The molecular weight excluding hydrogens is 245 g/mol. The SMILES string of the molecule is Cc1cc(F)cc(-c2noc(CCCCCN)n2)c1. The molecule has 0 aliphatic rings. The third-order valence-corrected chi connectivity index (χ3v) is 2.86.